The van der Waals surface area contributed by atoms with Crippen LogP contribution in [0.25, 0.3) is 11.4 Å². The molecule has 0 N–H and O–H groups in total. The van der Waals surface area contributed by atoms with Gasteiger partial charge in [0.25, 0.3) is 0 Å². The number of nitrogens with zero attached hydrogens (tertiary/aromatic N) is 4. The lowest BCUT2D eigenvalue weighted by atomic mass is 10.1. The third-order valence-corrected chi connectivity index (χ3v) is 5.11. The number of aryl methyl sites for hydroxylation is 1. The first-order chi connectivity index (χ1) is 9.05. The lowest BCUT2D eigenvalue weighted by Crippen LogP contribution is -2.14. The maximum absolute atomic E-state index is 11.5. The van der Waals surface area contributed by atoms with Crippen LogP contribution in [0.1, 0.15) is 18.0 Å². The molecule has 1 fully saturated rings. The van der Waals surface area contributed by atoms with Crippen molar-refractivity contribution in [2.75, 3.05) is 11.5 Å². The van der Waals surface area contributed by atoms with E-state index in [1.54, 1.807) is 4.68 Å². The Hall–Kier alpha value is -1.76. The summed E-state index contributed by atoms with van der Waals surface area (Å²) in [6, 6.07) is 7.71. The lowest BCUT2D eigenvalue weighted by molar-refractivity contribution is 0.489. The van der Waals surface area contributed by atoms with Crippen LogP contribution < -0.4 is 0 Å². The smallest absolute Gasteiger partial charge is 0.182 e. The fourth-order valence-electron chi connectivity index (χ4n) is 2.30. The van der Waals surface area contributed by atoms with Gasteiger partial charge in [-0.2, -0.15) is 0 Å². The first kappa shape index (κ1) is 12.3. The van der Waals surface area contributed by atoms with Crippen LogP contribution in [-0.2, 0) is 9.84 Å². The number of aromatic nitrogens is 4. The molecule has 0 saturated carbocycles. The first-order valence-electron chi connectivity index (χ1n) is 6.10. The minimum atomic E-state index is -2.94. The standard InChI is InChI=1S/C12H14N4O2S/c1-9-2-4-10(5-3-9)12-13-14-15-16(12)11-6-7-19(17,18)8-11/h2-5,11H,6-8H2,1H3/t11-/m1/s1. The van der Waals surface area contributed by atoms with Crippen LogP contribution in [-0.4, -0.2) is 40.1 Å². The summed E-state index contributed by atoms with van der Waals surface area (Å²) in [5.74, 6) is 0.962. The van der Waals surface area contributed by atoms with Gasteiger partial charge < -0.3 is 0 Å². The predicted molar refractivity (Wildman–Crippen MR) is 70.3 cm³/mol. The van der Waals surface area contributed by atoms with Crippen molar-refractivity contribution in [3.8, 4) is 11.4 Å². The molecule has 0 unspecified atom stereocenters. The molecule has 0 aliphatic carbocycles. The third-order valence-electron chi connectivity index (χ3n) is 3.36. The largest absolute Gasteiger partial charge is 0.229 e. The van der Waals surface area contributed by atoms with Crippen LogP contribution in [0.3, 0.4) is 0 Å². The summed E-state index contributed by atoms with van der Waals surface area (Å²) in [4.78, 5) is 0. The SMILES string of the molecule is Cc1ccc(-c2nnnn2[C@@H]2CCS(=O)(=O)C2)cc1. The molecule has 6 nitrogen and oxygen atoms in total. The Morgan fingerprint density at radius 3 is 2.63 bits per heavy atom. The lowest BCUT2D eigenvalue weighted by Gasteiger charge is -2.10. The molecule has 1 aromatic heterocycles. The zero-order valence-corrected chi connectivity index (χ0v) is 11.3. The molecule has 1 aliphatic rings. The molecule has 2 heterocycles. The number of rotatable bonds is 2. The van der Waals surface area contributed by atoms with Gasteiger partial charge in [-0.15, -0.1) is 5.10 Å². The van der Waals surface area contributed by atoms with Gasteiger partial charge in [0.1, 0.15) is 0 Å². The zero-order valence-electron chi connectivity index (χ0n) is 10.5. The molecular weight excluding hydrogens is 264 g/mol. The van der Waals surface area contributed by atoms with E-state index in [1.807, 2.05) is 31.2 Å². The summed E-state index contributed by atoms with van der Waals surface area (Å²) in [5.41, 5.74) is 2.06. The zero-order chi connectivity index (χ0) is 13.5. The predicted octanol–water partition coefficient (Wildman–Crippen LogP) is 1.01. The maximum Gasteiger partial charge on any atom is 0.182 e. The van der Waals surface area contributed by atoms with Crippen molar-refractivity contribution in [2.24, 2.45) is 0 Å². The molecule has 100 valence electrons. The van der Waals surface area contributed by atoms with Crippen molar-refractivity contribution in [3.63, 3.8) is 0 Å². The van der Waals surface area contributed by atoms with Crippen LogP contribution in [0.5, 0.6) is 0 Å². The van der Waals surface area contributed by atoms with Crippen molar-refractivity contribution < 1.29 is 8.42 Å². The van der Waals surface area contributed by atoms with E-state index in [1.165, 1.54) is 0 Å². The number of benzene rings is 1. The van der Waals surface area contributed by atoms with E-state index >= 15 is 0 Å². The summed E-state index contributed by atoms with van der Waals surface area (Å²) in [5, 5.41) is 11.7. The molecule has 19 heavy (non-hydrogen) atoms. The Bertz CT molecular complexity index is 691. The average molecular weight is 278 g/mol. The van der Waals surface area contributed by atoms with Crippen molar-refractivity contribution in [2.45, 2.75) is 19.4 Å². The minimum Gasteiger partial charge on any atom is -0.229 e. The summed E-state index contributed by atoms with van der Waals surface area (Å²) >= 11 is 0. The quantitative estimate of drug-likeness (QED) is 0.819. The highest BCUT2D eigenvalue weighted by molar-refractivity contribution is 7.91. The molecule has 0 spiro atoms. The summed E-state index contributed by atoms with van der Waals surface area (Å²) < 4.78 is 24.7. The van der Waals surface area contributed by atoms with Gasteiger partial charge in [-0.3, -0.25) is 0 Å². The minimum absolute atomic E-state index is 0.122. The number of hydrogen-bond acceptors (Lipinski definition) is 5. The van der Waals surface area contributed by atoms with Crippen molar-refractivity contribution >= 4 is 9.84 Å². The van der Waals surface area contributed by atoms with E-state index < -0.39 is 9.84 Å². The topological polar surface area (TPSA) is 77.7 Å². The number of hydrogen-bond donors (Lipinski definition) is 0. The summed E-state index contributed by atoms with van der Waals surface area (Å²) in [7, 11) is -2.94. The Labute approximate surface area is 111 Å². The molecule has 1 aliphatic heterocycles. The van der Waals surface area contributed by atoms with Gasteiger partial charge in [-0.1, -0.05) is 29.8 Å². The number of tetrazole rings is 1. The highest BCUT2D eigenvalue weighted by atomic mass is 32.2. The van der Waals surface area contributed by atoms with Crippen LogP contribution in [0.4, 0.5) is 0 Å². The molecule has 7 heteroatoms. The van der Waals surface area contributed by atoms with E-state index in [2.05, 4.69) is 15.5 Å². The fraction of sp³-hybridized carbons (Fsp3) is 0.417. The van der Waals surface area contributed by atoms with Gasteiger partial charge in [-0.05, 0) is 23.8 Å². The van der Waals surface area contributed by atoms with E-state index in [0.29, 0.717) is 12.2 Å². The van der Waals surface area contributed by atoms with Gasteiger partial charge in [0.2, 0.25) is 0 Å². The Balaban J connectivity index is 1.97. The van der Waals surface area contributed by atoms with E-state index in [0.717, 1.165) is 11.1 Å². The maximum atomic E-state index is 11.5. The van der Waals surface area contributed by atoms with Crippen LogP contribution in [0.2, 0.25) is 0 Å². The van der Waals surface area contributed by atoms with E-state index in [9.17, 15) is 8.42 Å². The normalized spacial score (nSPS) is 21.6. The van der Waals surface area contributed by atoms with Gasteiger partial charge in [0, 0.05) is 5.56 Å². The number of sulfone groups is 1. The Morgan fingerprint density at radius 1 is 1.26 bits per heavy atom. The second-order valence-electron chi connectivity index (χ2n) is 4.87. The molecule has 1 saturated heterocycles. The van der Waals surface area contributed by atoms with Gasteiger partial charge in [0.15, 0.2) is 15.7 Å². The highest BCUT2D eigenvalue weighted by Gasteiger charge is 2.31. The molecule has 2 aromatic rings. The monoisotopic (exact) mass is 278 g/mol. The van der Waals surface area contributed by atoms with Gasteiger partial charge in [-0.25, -0.2) is 13.1 Å². The molecule has 0 radical (unpaired) electrons. The van der Waals surface area contributed by atoms with Crippen LogP contribution in [0.15, 0.2) is 24.3 Å². The molecule has 1 atom stereocenters. The summed E-state index contributed by atoms with van der Waals surface area (Å²) in [6.45, 7) is 2.01. The Morgan fingerprint density at radius 2 is 2.00 bits per heavy atom. The third kappa shape index (κ3) is 2.37. The van der Waals surface area contributed by atoms with E-state index in [4.69, 9.17) is 0 Å². The highest BCUT2D eigenvalue weighted by Crippen LogP contribution is 2.27. The summed E-state index contributed by atoms with van der Waals surface area (Å²) in [6.07, 6.45) is 0.576. The van der Waals surface area contributed by atoms with Crippen molar-refractivity contribution in [1.82, 2.24) is 20.2 Å². The van der Waals surface area contributed by atoms with Crippen LogP contribution >= 0.6 is 0 Å². The van der Waals surface area contributed by atoms with Gasteiger partial charge in [0.05, 0.1) is 17.5 Å². The van der Waals surface area contributed by atoms with Crippen LogP contribution in [0, 0.1) is 6.92 Å². The second kappa shape index (κ2) is 4.41. The average Bonchev–Trinajstić information content (AvgIpc) is 2.96. The van der Waals surface area contributed by atoms with Crippen molar-refractivity contribution in [1.29, 1.82) is 0 Å². The molecule has 3 rings (SSSR count). The van der Waals surface area contributed by atoms with Crippen molar-refractivity contribution in [3.05, 3.63) is 29.8 Å². The molecule has 0 bridgehead atoms. The first-order valence-corrected chi connectivity index (χ1v) is 7.93. The van der Waals surface area contributed by atoms with Gasteiger partial charge >= 0.3 is 0 Å². The van der Waals surface area contributed by atoms with E-state index in [-0.39, 0.29) is 17.5 Å². The fourth-order valence-corrected chi connectivity index (χ4v) is 3.99. The Kier molecular flexibility index (Phi) is 2.85. The second-order valence-corrected chi connectivity index (χ2v) is 7.10. The molecular formula is C12H14N4O2S. The molecule has 0 amide bonds. The molecule has 1 aromatic carbocycles.